The van der Waals surface area contributed by atoms with Gasteiger partial charge in [0.25, 0.3) is 0 Å². The van der Waals surface area contributed by atoms with Crippen LogP contribution >= 0.6 is 0 Å². The summed E-state index contributed by atoms with van der Waals surface area (Å²) in [4.78, 5) is 13.7. The highest BCUT2D eigenvalue weighted by atomic mass is 16.1. The summed E-state index contributed by atoms with van der Waals surface area (Å²) in [6.45, 7) is 12.4. The number of rotatable bonds is 3. The topological polar surface area (TPSA) is 38.0 Å². The maximum absolute atomic E-state index is 11.6. The van der Waals surface area contributed by atoms with E-state index in [0.717, 1.165) is 24.2 Å². The van der Waals surface area contributed by atoms with E-state index in [1.165, 1.54) is 33.8 Å². The van der Waals surface area contributed by atoms with Gasteiger partial charge in [-0.15, -0.1) is 0 Å². The summed E-state index contributed by atoms with van der Waals surface area (Å²) in [6.07, 6.45) is 4.25. The molecular weight excluding hydrogens is 285 g/mol. The lowest BCUT2D eigenvalue weighted by Crippen LogP contribution is -2.46. The predicted molar refractivity (Wildman–Crippen MR) is 93.7 cm³/mol. The van der Waals surface area contributed by atoms with E-state index < -0.39 is 0 Å². The van der Waals surface area contributed by atoms with Crippen molar-refractivity contribution in [3.05, 3.63) is 45.6 Å². The van der Waals surface area contributed by atoms with Crippen molar-refractivity contribution < 1.29 is 9.28 Å². The second kappa shape index (κ2) is 5.64. The molecule has 119 valence electrons. The van der Waals surface area contributed by atoms with E-state index in [1.807, 2.05) is 0 Å². The number of fused-ring (bicyclic) bond motifs is 2. The summed E-state index contributed by atoms with van der Waals surface area (Å²) in [6, 6.07) is 0. The zero-order chi connectivity index (χ0) is 16.9. The van der Waals surface area contributed by atoms with Crippen molar-refractivity contribution >= 4 is 19.2 Å². The normalized spacial score (nSPS) is 21.2. The molecule has 5 heteroatoms. The van der Waals surface area contributed by atoms with Crippen molar-refractivity contribution in [3.63, 3.8) is 0 Å². The number of amides is 1. The molecule has 3 radical (unpaired) electrons. The Kier molecular flexibility index (Phi) is 3.92. The minimum atomic E-state index is -0.0371. The molecule has 0 fully saturated rings. The van der Waals surface area contributed by atoms with Crippen molar-refractivity contribution in [3.8, 4) is 0 Å². The molecule has 0 aliphatic carbocycles. The van der Waals surface area contributed by atoms with Crippen LogP contribution in [-0.4, -0.2) is 23.7 Å². The highest BCUT2D eigenvalue weighted by Gasteiger charge is 2.43. The fourth-order valence-electron chi connectivity index (χ4n) is 3.85. The van der Waals surface area contributed by atoms with E-state index in [2.05, 4.69) is 62.9 Å². The number of nitrogens with one attached hydrogen (secondary N) is 1. The first-order valence-electron chi connectivity index (χ1n) is 8.31. The lowest BCUT2D eigenvalue weighted by Gasteiger charge is -2.24. The van der Waals surface area contributed by atoms with Gasteiger partial charge in [0.05, 0.1) is 6.08 Å². The van der Waals surface area contributed by atoms with Gasteiger partial charge in [-0.05, 0) is 26.7 Å². The van der Waals surface area contributed by atoms with E-state index >= 15 is 0 Å². The van der Waals surface area contributed by atoms with E-state index in [9.17, 15) is 4.79 Å². The molecule has 23 heavy (non-hydrogen) atoms. The second-order valence-electron chi connectivity index (χ2n) is 6.30. The van der Waals surface area contributed by atoms with Gasteiger partial charge in [-0.2, -0.15) is 0 Å². The fourth-order valence-corrected chi connectivity index (χ4v) is 3.85. The maximum atomic E-state index is 11.6. The van der Waals surface area contributed by atoms with Crippen LogP contribution in [0.5, 0.6) is 0 Å². The SMILES string of the molecule is CCC1=C(C)C2=CC3=C(CC)C(C)=C(NC(C)=O)[N+]3[B-][N+]2=C1C. The molecule has 3 aliphatic rings. The molecule has 0 unspecified atom stereocenters. The van der Waals surface area contributed by atoms with E-state index in [1.54, 1.807) is 6.92 Å². The molecule has 0 bridgehead atoms. The van der Waals surface area contributed by atoms with Gasteiger partial charge in [0.15, 0.2) is 5.70 Å². The standard InChI is InChI=1S/C18H23BN3O/c1-7-14-10(3)16-9-17-15(8-2)11(4)18(20-13(6)23)22(17)19-21(16)12(14)5/h9H,7-8H2,1-6H3/p+1. The Labute approximate surface area is 139 Å². The molecule has 1 N–H and O–H groups in total. The number of carbonyl (C=O) groups is 1. The van der Waals surface area contributed by atoms with Gasteiger partial charge in [0.1, 0.15) is 11.4 Å². The summed E-state index contributed by atoms with van der Waals surface area (Å²) < 4.78 is 2.24. The molecule has 1 amide bonds. The minimum absolute atomic E-state index is 0.0371. The van der Waals surface area contributed by atoms with Crippen LogP contribution in [0.15, 0.2) is 45.6 Å². The van der Waals surface area contributed by atoms with Crippen LogP contribution in [0.3, 0.4) is 0 Å². The molecular formula is C18H24BN3O+. The number of carbonyl (C=O) groups excluding carboxylic acids is 1. The fraction of sp³-hybridized carbons (Fsp3) is 0.444. The molecule has 0 aromatic rings. The Bertz CT molecular complexity index is 765. The molecule has 0 aromatic heterocycles. The van der Waals surface area contributed by atoms with Gasteiger partial charge in [-0.1, -0.05) is 13.8 Å². The van der Waals surface area contributed by atoms with Crippen LogP contribution in [0.25, 0.3) is 0 Å². The molecule has 3 heterocycles. The zero-order valence-electron chi connectivity index (χ0n) is 14.9. The Balaban J connectivity index is 2.13. The number of hydrogen-bond acceptors (Lipinski definition) is 2. The summed E-state index contributed by atoms with van der Waals surface area (Å²) in [5, 5.41) is 3.00. The maximum Gasteiger partial charge on any atom is 0.493 e. The zero-order valence-corrected chi connectivity index (χ0v) is 14.9. The Hall–Kier alpha value is -1.88. The highest BCUT2D eigenvalue weighted by molar-refractivity contribution is 6.30. The number of allylic oxidation sites excluding steroid dienone is 5. The molecule has 0 saturated carbocycles. The van der Waals surface area contributed by atoms with Crippen LogP contribution in [-0.2, 0) is 4.79 Å². The lowest BCUT2D eigenvalue weighted by atomic mass is 9.96. The first-order valence-corrected chi connectivity index (χ1v) is 8.31. The van der Waals surface area contributed by atoms with Gasteiger partial charge in [-0.3, -0.25) is 14.9 Å². The minimum Gasteiger partial charge on any atom is -0.399 e. The van der Waals surface area contributed by atoms with Gasteiger partial charge in [0.2, 0.25) is 11.7 Å². The third-order valence-electron chi connectivity index (χ3n) is 5.02. The second-order valence-corrected chi connectivity index (χ2v) is 6.30. The Morgan fingerprint density at radius 3 is 2.35 bits per heavy atom. The summed E-state index contributed by atoms with van der Waals surface area (Å²) in [5.74, 6) is 0.847. The van der Waals surface area contributed by atoms with Crippen LogP contribution in [0, 0.1) is 0 Å². The summed E-state index contributed by atoms with van der Waals surface area (Å²) >= 11 is 0. The van der Waals surface area contributed by atoms with Crippen molar-refractivity contribution in [1.29, 1.82) is 0 Å². The van der Waals surface area contributed by atoms with E-state index in [4.69, 9.17) is 0 Å². The quantitative estimate of drug-likeness (QED) is 0.800. The average Bonchev–Trinajstić information content (AvgIpc) is 2.90. The Morgan fingerprint density at radius 1 is 1.13 bits per heavy atom. The van der Waals surface area contributed by atoms with E-state index in [0.29, 0.717) is 0 Å². The molecule has 3 rings (SSSR count). The van der Waals surface area contributed by atoms with Gasteiger partial charge in [0, 0.05) is 36.1 Å². The summed E-state index contributed by atoms with van der Waals surface area (Å²) in [7, 11) is 2.11. The molecule has 3 aliphatic heterocycles. The lowest BCUT2D eigenvalue weighted by molar-refractivity contribution is -0.319. The Morgan fingerprint density at radius 2 is 1.78 bits per heavy atom. The highest BCUT2D eigenvalue weighted by Crippen LogP contribution is 2.38. The molecule has 0 spiro atoms. The molecule has 0 aromatic carbocycles. The first-order chi connectivity index (χ1) is 10.9. The number of nitrogens with zero attached hydrogens (tertiary/aromatic N) is 2. The van der Waals surface area contributed by atoms with Crippen molar-refractivity contribution in [2.45, 2.75) is 54.4 Å². The number of hydrogen-bond donors (Lipinski definition) is 1. The van der Waals surface area contributed by atoms with Crippen LogP contribution in [0.4, 0.5) is 0 Å². The molecule has 0 atom stereocenters. The van der Waals surface area contributed by atoms with Gasteiger partial charge < -0.3 is 4.49 Å². The van der Waals surface area contributed by atoms with Crippen LogP contribution in [0.1, 0.15) is 54.4 Å². The van der Waals surface area contributed by atoms with Gasteiger partial charge >= 0.3 is 7.55 Å². The summed E-state index contributed by atoms with van der Waals surface area (Å²) in [5.41, 5.74) is 8.94. The monoisotopic (exact) mass is 309 g/mol. The van der Waals surface area contributed by atoms with Crippen LogP contribution in [0.2, 0.25) is 0 Å². The molecule has 0 saturated heterocycles. The van der Waals surface area contributed by atoms with Crippen molar-refractivity contribution in [2.75, 3.05) is 0 Å². The van der Waals surface area contributed by atoms with Gasteiger partial charge in [-0.25, -0.2) is 0 Å². The van der Waals surface area contributed by atoms with Crippen molar-refractivity contribution in [2.24, 2.45) is 0 Å². The average molecular weight is 309 g/mol. The first kappa shape index (κ1) is 16.0. The molecule has 4 nitrogen and oxygen atoms in total. The predicted octanol–water partition coefficient (Wildman–Crippen LogP) is 2.82. The largest absolute Gasteiger partial charge is 0.493 e. The van der Waals surface area contributed by atoms with E-state index in [-0.39, 0.29) is 5.91 Å². The third-order valence-corrected chi connectivity index (χ3v) is 5.02. The smallest absolute Gasteiger partial charge is 0.399 e. The van der Waals surface area contributed by atoms with Crippen LogP contribution < -0.4 is 10.1 Å². The third kappa shape index (κ3) is 2.26. The van der Waals surface area contributed by atoms with Crippen molar-refractivity contribution in [1.82, 2.24) is 10.1 Å².